The normalized spacial score (nSPS) is 18.2. The van der Waals surface area contributed by atoms with Crippen molar-refractivity contribution in [2.24, 2.45) is 0 Å². The highest BCUT2D eigenvalue weighted by atomic mass is 79.9. The molecule has 2 aromatic rings. The Hall–Kier alpha value is -2.20. The number of nitrogens with zero attached hydrogens (tertiary/aromatic N) is 1. The number of rotatable bonds is 4. The molecule has 26 heavy (non-hydrogen) atoms. The van der Waals surface area contributed by atoms with E-state index in [1.165, 1.54) is 0 Å². The van der Waals surface area contributed by atoms with Gasteiger partial charge in [0.15, 0.2) is 9.84 Å². The van der Waals surface area contributed by atoms with Crippen LogP contribution < -0.4 is 5.32 Å². The van der Waals surface area contributed by atoms with Crippen LogP contribution in [0.4, 0.5) is 0 Å². The summed E-state index contributed by atoms with van der Waals surface area (Å²) in [5.41, 5.74) is -0.226. The summed E-state index contributed by atoms with van der Waals surface area (Å²) in [6, 6.07) is 9.17. The van der Waals surface area contributed by atoms with Crippen LogP contribution in [0.3, 0.4) is 0 Å². The minimum Gasteiger partial charge on any atom is -0.480 e. The van der Waals surface area contributed by atoms with Gasteiger partial charge in [0.2, 0.25) is 0 Å². The van der Waals surface area contributed by atoms with Crippen LogP contribution in [0.15, 0.2) is 34.8 Å². The zero-order chi connectivity index (χ0) is 18.9. The molecule has 3 rings (SSSR count). The van der Waals surface area contributed by atoms with Crippen molar-refractivity contribution >= 4 is 37.6 Å². The van der Waals surface area contributed by atoms with Crippen LogP contribution in [-0.4, -0.2) is 52.6 Å². The van der Waals surface area contributed by atoms with Crippen molar-refractivity contribution in [3.05, 3.63) is 40.5 Å². The average molecular weight is 442 g/mol. The van der Waals surface area contributed by atoms with E-state index in [0.29, 0.717) is 10.2 Å². The molecule has 0 atom stereocenters. The SMILES string of the molecule is O=C(NC1(C(=O)O)CCS(=O)(=O)CC1)c1[nH]nc(-c2ccccc2)c1Br. The Morgan fingerprint density at radius 1 is 1.19 bits per heavy atom. The fraction of sp³-hybridized carbons (Fsp3) is 0.312. The van der Waals surface area contributed by atoms with Crippen molar-refractivity contribution in [1.82, 2.24) is 15.5 Å². The van der Waals surface area contributed by atoms with Crippen LogP contribution in [0.2, 0.25) is 0 Å². The lowest BCUT2D eigenvalue weighted by molar-refractivity contribution is -0.144. The molecule has 1 amide bonds. The number of hydrogen-bond acceptors (Lipinski definition) is 5. The molecule has 0 unspecified atom stereocenters. The second kappa shape index (κ2) is 6.84. The molecule has 0 radical (unpaired) electrons. The third kappa shape index (κ3) is 3.51. The van der Waals surface area contributed by atoms with Crippen molar-refractivity contribution in [2.75, 3.05) is 11.5 Å². The Bertz CT molecular complexity index is 942. The summed E-state index contributed by atoms with van der Waals surface area (Å²) in [6.45, 7) is 0. The number of carboxylic acids is 1. The van der Waals surface area contributed by atoms with Crippen molar-refractivity contribution in [3.8, 4) is 11.3 Å². The van der Waals surface area contributed by atoms with Gasteiger partial charge in [-0.2, -0.15) is 5.10 Å². The third-order valence-corrected chi connectivity index (χ3v) is 6.85. The number of aromatic amines is 1. The van der Waals surface area contributed by atoms with Gasteiger partial charge in [0, 0.05) is 5.56 Å². The van der Waals surface area contributed by atoms with E-state index in [-0.39, 0.29) is 30.0 Å². The Balaban J connectivity index is 1.86. The molecule has 1 fully saturated rings. The molecule has 3 N–H and O–H groups in total. The van der Waals surface area contributed by atoms with Crippen LogP contribution in [0.1, 0.15) is 23.3 Å². The van der Waals surface area contributed by atoms with E-state index >= 15 is 0 Å². The second-order valence-corrected chi connectivity index (χ2v) is 9.22. The lowest BCUT2D eigenvalue weighted by Crippen LogP contribution is -2.58. The topological polar surface area (TPSA) is 129 Å². The van der Waals surface area contributed by atoms with E-state index in [9.17, 15) is 23.1 Å². The van der Waals surface area contributed by atoms with Gasteiger partial charge in [0.25, 0.3) is 5.91 Å². The number of nitrogens with one attached hydrogen (secondary N) is 2. The number of halogens is 1. The molecular formula is C16H16BrN3O5S. The average Bonchev–Trinajstić information content (AvgIpc) is 2.99. The molecule has 1 aromatic heterocycles. The molecule has 0 bridgehead atoms. The minimum absolute atomic E-state index is 0.0814. The first-order valence-corrected chi connectivity index (χ1v) is 10.4. The number of carboxylic acid groups (broad SMARTS) is 1. The van der Waals surface area contributed by atoms with Crippen molar-refractivity contribution in [3.63, 3.8) is 0 Å². The third-order valence-electron chi connectivity index (χ3n) is 4.42. The summed E-state index contributed by atoms with van der Waals surface area (Å²) in [6.07, 6.45) is -0.346. The molecule has 138 valence electrons. The smallest absolute Gasteiger partial charge is 0.329 e. The number of aromatic nitrogens is 2. The highest BCUT2D eigenvalue weighted by molar-refractivity contribution is 9.10. The highest BCUT2D eigenvalue weighted by Crippen LogP contribution is 2.30. The molecule has 2 heterocycles. The molecule has 0 spiro atoms. The van der Waals surface area contributed by atoms with Crippen LogP contribution in [0.25, 0.3) is 11.3 Å². The molecule has 1 aromatic carbocycles. The lowest BCUT2D eigenvalue weighted by Gasteiger charge is -2.33. The Morgan fingerprint density at radius 3 is 2.38 bits per heavy atom. The summed E-state index contributed by atoms with van der Waals surface area (Å²) in [5.74, 6) is -2.47. The van der Waals surface area contributed by atoms with Crippen molar-refractivity contribution < 1.29 is 23.1 Å². The summed E-state index contributed by atoms with van der Waals surface area (Å²) in [4.78, 5) is 24.3. The van der Waals surface area contributed by atoms with E-state index < -0.39 is 27.3 Å². The van der Waals surface area contributed by atoms with Gasteiger partial charge in [-0.25, -0.2) is 13.2 Å². The maximum Gasteiger partial charge on any atom is 0.329 e. The molecular weight excluding hydrogens is 426 g/mol. The Morgan fingerprint density at radius 2 is 1.81 bits per heavy atom. The van der Waals surface area contributed by atoms with Crippen LogP contribution >= 0.6 is 15.9 Å². The van der Waals surface area contributed by atoms with E-state index in [1.54, 1.807) is 0 Å². The summed E-state index contributed by atoms with van der Waals surface area (Å²) in [5, 5.41) is 18.8. The number of aliphatic carboxylic acids is 1. The molecule has 8 nitrogen and oxygen atoms in total. The van der Waals surface area contributed by atoms with E-state index in [0.717, 1.165) is 5.56 Å². The minimum atomic E-state index is -3.27. The van der Waals surface area contributed by atoms with Crippen molar-refractivity contribution in [2.45, 2.75) is 18.4 Å². The van der Waals surface area contributed by atoms with E-state index in [1.807, 2.05) is 30.3 Å². The predicted molar refractivity (Wildman–Crippen MR) is 97.4 cm³/mol. The Labute approximate surface area is 158 Å². The van der Waals surface area contributed by atoms with Crippen LogP contribution in [0, 0.1) is 0 Å². The molecule has 10 heteroatoms. The van der Waals surface area contributed by atoms with E-state index in [4.69, 9.17) is 0 Å². The largest absolute Gasteiger partial charge is 0.480 e. The first-order chi connectivity index (χ1) is 12.2. The van der Waals surface area contributed by atoms with Crippen LogP contribution in [-0.2, 0) is 14.6 Å². The van der Waals surface area contributed by atoms with Gasteiger partial charge >= 0.3 is 5.97 Å². The van der Waals surface area contributed by atoms with Gasteiger partial charge in [0.1, 0.15) is 16.9 Å². The van der Waals surface area contributed by atoms with Gasteiger partial charge in [-0.3, -0.25) is 9.89 Å². The van der Waals surface area contributed by atoms with Crippen molar-refractivity contribution in [1.29, 1.82) is 0 Å². The molecule has 0 aliphatic carbocycles. The molecule has 1 aliphatic heterocycles. The van der Waals surface area contributed by atoms with Gasteiger partial charge in [-0.1, -0.05) is 30.3 Å². The highest BCUT2D eigenvalue weighted by Gasteiger charge is 2.45. The quantitative estimate of drug-likeness (QED) is 0.660. The van der Waals surface area contributed by atoms with Gasteiger partial charge < -0.3 is 10.4 Å². The fourth-order valence-electron chi connectivity index (χ4n) is 2.82. The van der Waals surface area contributed by atoms with Gasteiger partial charge in [0.05, 0.1) is 16.0 Å². The number of hydrogen-bond donors (Lipinski definition) is 3. The number of sulfone groups is 1. The lowest BCUT2D eigenvalue weighted by atomic mass is 9.92. The molecule has 1 aliphatic rings. The van der Waals surface area contributed by atoms with Gasteiger partial charge in [-0.05, 0) is 28.8 Å². The number of H-pyrrole nitrogens is 1. The number of amides is 1. The molecule has 1 saturated heterocycles. The number of carbonyl (C=O) groups excluding carboxylic acids is 1. The monoisotopic (exact) mass is 441 g/mol. The number of carbonyl (C=O) groups is 2. The summed E-state index contributed by atoms with van der Waals surface area (Å²) in [7, 11) is -3.27. The summed E-state index contributed by atoms with van der Waals surface area (Å²) >= 11 is 3.33. The maximum atomic E-state index is 12.6. The van der Waals surface area contributed by atoms with Crippen LogP contribution in [0.5, 0.6) is 0 Å². The predicted octanol–water partition coefficient (Wildman–Crippen LogP) is 1.60. The second-order valence-electron chi connectivity index (χ2n) is 6.12. The number of benzene rings is 1. The summed E-state index contributed by atoms with van der Waals surface area (Å²) < 4.78 is 23.6. The molecule has 0 saturated carbocycles. The standard InChI is InChI=1S/C16H16BrN3O5S/c17-11-12(10-4-2-1-3-5-10)19-20-13(11)14(21)18-16(15(22)23)6-8-26(24,25)9-7-16/h1-5H,6-9H2,(H,18,21)(H,19,20)(H,22,23). The fourth-order valence-corrected chi connectivity index (χ4v) is 4.93. The maximum absolute atomic E-state index is 12.6. The zero-order valence-corrected chi connectivity index (χ0v) is 15.9. The Kier molecular flexibility index (Phi) is 4.89. The first-order valence-electron chi connectivity index (χ1n) is 7.80. The zero-order valence-electron chi connectivity index (χ0n) is 13.5. The van der Waals surface area contributed by atoms with E-state index in [2.05, 4.69) is 31.4 Å². The first kappa shape index (κ1) is 18.6. The van der Waals surface area contributed by atoms with Gasteiger partial charge in [-0.15, -0.1) is 0 Å².